The van der Waals surface area contributed by atoms with E-state index in [1.807, 2.05) is 0 Å². The number of rotatable bonds is 2. The molecule has 1 fully saturated rings. The van der Waals surface area contributed by atoms with Crippen LogP contribution in [-0.4, -0.2) is 59.3 Å². The third kappa shape index (κ3) is 2.37. The van der Waals surface area contributed by atoms with Crippen LogP contribution in [0.15, 0.2) is 0 Å². The average Bonchev–Trinajstić information content (AvgIpc) is 2.10. The van der Waals surface area contributed by atoms with Gasteiger partial charge in [-0.15, -0.1) is 0 Å². The van der Waals surface area contributed by atoms with Crippen LogP contribution in [0.1, 0.15) is 6.42 Å². The molecule has 1 aliphatic rings. The quantitative estimate of drug-likeness (QED) is 0.452. The normalized spacial score (nSPS) is 41.1. The molecule has 0 spiro atoms. The van der Waals surface area contributed by atoms with Crippen molar-refractivity contribution in [3.05, 3.63) is 0 Å². The van der Waals surface area contributed by atoms with E-state index in [1.165, 1.54) is 12.2 Å². The highest BCUT2D eigenvalue weighted by Gasteiger charge is 2.38. The molecule has 0 aliphatic carbocycles. The summed E-state index contributed by atoms with van der Waals surface area (Å²) in [7, 11) is 2.95. The van der Waals surface area contributed by atoms with Gasteiger partial charge in [0.2, 0.25) is 0 Å². The molecule has 2 unspecified atom stereocenters. The number of hydrogen-bond acceptors (Lipinski definition) is 6. The molecule has 0 aromatic rings. The molecule has 6 heteroatoms. The van der Waals surface area contributed by atoms with Gasteiger partial charge in [0.1, 0.15) is 6.10 Å². The van der Waals surface area contributed by atoms with Crippen molar-refractivity contribution in [2.45, 2.75) is 31.1 Å². The number of nitrogens with zero attached hydrogens (tertiary/aromatic N) is 1. The smallest absolute Gasteiger partial charge is 0.164 e. The van der Waals surface area contributed by atoms with Crippen LogP contribution in [0.2, 0.25) is 0 Å². The Hall–Kier alpha value is -0.240. The summed E-state index contributed by atoms with van der Waals surface area (Å²) < 4.78 is 4.97. The zero-order chi connectivity index (χ0) is 10.0. The van der Waals surface area contributed by atoms with Gasteiger partial charge in [0.15, 0.2) is 12.5 Å². The van der Waals surface area contributed by atoms with Crippen molar-refractivity contribution in [3.8, 4) is 0 Å². The lowest BCUT2D eigenvalue weighted by atomic mass is 10.1. The van der Waals surface area contributed by atoms with Crippen LogP contribution in [0.25, 0.3) is 0 Å². The van der Waals surface area contributed by atoms with Crippen LogP contribution in [0.3, 0.4) is 0 Å². The van der Waals surface area contributed by atoms with Crippen molar-refractivity contribution < 1.29 is 24.9 Å². The van der Waals surface area contributed by atoms with Gasteiger partial charge in [-0.25, -0.2) is 0 Å². The Morgan fingerprint density at radius 1 is 1.38 bits per heavy atom. The maximum absolute atomic E-state index is 9.45. The third-order valence-electron chi connectivity index (χ3n) is 2.07. The summed E-state index contributed by atoms with van der Waals surface area (Å²) >= 11 is 0. The molecule has 1 aliphatic heterocycles. The minimum absolute atomic E-state index is 0.00915. The zero-order valence-corrected chi connectivity index (χ0v) is 7.62. The molecule has 4 atom stereocenters. The highest BCUT2D eigenvalue weighted by atomic mass is 16.7. The molecule has 1 saturated heterocycles. The molecule has 0 aromatic carbocycles. The van der Waals surface area contributed by atoms with E-state index in [2.05, 4.69) is 0 Å². The van der Waals surface area contributed by atoms with Gasteiger partial charge in [0, 0.05) is 13.5 Å². The summed E-state index contributed by atoms with van der Waals surface area (Å²) in [4.78, 5) is 4.78. The first kappa shape index (κ1) is 10.8. The Morgan fingerprint density at radius 3 is 2.54 bits per heavy atom. The monoisotopic (exact) mass is 193 g/mol. The fourth-order valence-corrected chi connectivity index (χ4v) is 1.24. The first-order chi connectivity index (χ1) is 6.06. The molecule has 0 bridgehead atoms. The van der Waals surface area contributed by atoms with Crippen molar-refractivity contribution in [2.75, 3.05) is 14.2 Å². The second-order valence-electron chi connectivity index (χ2n) is 3.00. The number of ether oxygens (including phenoxy) is 1. The van der Waals surface area contributed by atoms with E-state index in [9.17, 15) is 10.2 Å². The number of aliphatic hydroxyl groups is 3. The van der Waals surface area contributed by atoms with Crippen LogP contribution >= 0.6 is 0 Å². The minimum Gasteiger partial charge on any atom is -0.390 e. The Morgan fingerprint density at radius 2 is 2.00 bits per heavy atom. The maximum atomic E-state index is 9.45. The highest BCUT2D eigenvalue weighted by Crippen LogP contribution is 2.20. The average molecular weight is 193 g/mol. The second kappa shape index (κ2) is 4.32. The second-order valence-corrected chi connectivity index (χ2v) is 3.00. The Labute approximate surface area is 76.2 Å². The molecule has 6 nitrogen and oxygen atoms in total. The summed E-state index contributed by atoms with van der Waals surface area (Å²) in [5.74, 6) is 0. The van der Waals surface area contributed by atoms with E-state index >= 15 is 0 Å². The van der Waals surface area contributed by atoms with Crippen molar-refractivity contribution in [1.82, 2.24) is 5.06 Å². The summed E-state index contributed by atoms with van der Waals surface area (Å²) in [5, 5.41) is 29.1. The fourth-order valence-electron chi connectivity index (χ4n) is 1.24. The lowest BCUT2D eigenvalue weighted by Gasteiger charge is -2.38. The predicted molar refractivity (Wildman–Crippen MR) is 42.3 cm³/mol. The van der Waals surface area contributed by atoms with E-state index in [0.717, 1.165) is 0 Å². The minimum atomic E-state index is -1.08. The molecule has 1 rings (SSSR count). The van der Waals surface area contributed by atoms with Crippen molar-refractivity contribution in [1.29, 1.82) is 0 Å². The molecule has 1 heterocycles. The van der Waals surface area contributed by atoms with E-state index in [1.54, 1.807) is 7.05 Å². The van der Waals surface area contributed by atoms with Crippen molar-refractivity contribution >= 4 is 0 Å². The topological polar surface area (TPSA) is 82.4 Å². The van der Waals surface area contributed by atoms with Gasteiger partial charge in [0.05, 0.1) is 13.2 Å². The summed E-state index contributed by atoms with van der Waals surface area (Å²) in [6.07, 6.45) is -3.97. The number of hydroxylamine groups is 2. The molecular formula is C7H15NO5. The molecule has 0 radical (unpaired) electrons. The van der Waals surface area contributed by atoms with Crippen LogP contribution in [0.5, 0.6) is 0 Å². The number of likely N-dealkylation sites (N-methyl/N-ethyl adjacent to an activating group) is 1. The van der Waals surface area contributed by atoms with Crippen LogP contribution in [0.4, 0.5) is 0 Å². The molecule has 0 saturated carbocycles. The number of hydrogen-bond donors (Lipinski definition) is 3. The van der Waals surface area contributed by atoms with E-state index in [-0.39, 0.29) is 6.42 Å². The van der Waals surface area contributed by atoms with Gasteiger partial charge in [-0.05, 0) is 0 Å². The van der Waals surface area contributed by atoms with Gasteiger partial charge < -0.3 is 20.1 Å². The standard InChI is InChI=1S/C7H15NO5/c1-8(12-2)7-6(11)4(9)3-5(10)13-7/h4-7,9-11H,3H2,1-2H3/t4-,5?,6?,7+/m0/s1. The zero-order valence-electron chi connectivity index (χ0n) is 7.62. The van der Waals surface area contributed by atoms with E-state index < -0.39 is 24.7 Å². The van der Waals surface area contributed by atoms with Gasteiger partial charge in [-0.3, -0.25) is 4.84 Å². The highest BCUT2D eigenvalue weighted by molar-refractivity contribution is 4.79. The van der Waals surface area contributed by atoms with Crippen LogP contribution in [-0.2, 0) is 9.57 Å². The molecule has 78 valence electrons. The lowest BCUT2D eigenvalue weighted by molar-refractivity contribution is -0.326. The predicted octanol–water partition coefficient (Wildman–Crippen LogP) is -1.73. The Kier molecular flexibility index (Phi) is 3.60. The molecule has 13 heavy (non-hydrogen) atoms. The molecule has 3 N–H and O–H groups in total. The first-order valence-electron chi connectivity index (χ1n) is 4.03. The summed E-state index contributed by atoms with van der Waals surface area (Å²) in [6, 6.07) is 0. The SMILES string of the molecule is CON(C)[C@@H]1OC(O)C[C@H](O)C1O. The van der Waals surface area contributed by atoms with Gasteiger partial charge >= 0.3 is 0 Å². The van der Waals surface area contributed by atoms with Crippen molar-refractivity contribution in [3.63, 3.8) is 0 Å². The van der Waals surface area contributed by atoms with Crippen LogP contribution in [0, 0.1) is 0 Å². The Balaban J connectivity index is 2.60. The molecule has 0 amide bonds. The summed E-state index contributed by atoms with van der Waals surface area (Å²) in [5.41, 5.74) is 0. The van der Waals surface area contributed by atoms with E-state index in [4.69, 9.17) is 14.7 Å². The molecular weight excluding hydrogens is 178 g/mol. The fraction of sp³-hybridized carbons (Fsp3) is 1.00. The Bertz CT molecular complexity index is 167. The van der Waals surface area contributed by atoms with Gasteiger partial charge in [-0.1, -0.05) is 0 Å². The van der Waals surface area contributed by atoms with Gasteiger partial charge in [0.25, 0.3) is 0 Å². The largest absolute Gasteiger partial charge is 0.390 e. The maximum Gasteiger partial charge on any atom is 0.164 e. The van der Waals surface area contributed by atoms with Crippen molar-refractivity contribution in [2.24, 2.45) is 0 Å². The lowest BCUT2D eigenvalue weighted by Crippen LogP contribution is -2.54. The first-order valence-corrected chi connectivity index (χ1v) is 4.03. The van der Waals surface area contributed by atoms with Gasteiger partial charge in [-0.2, -0.15) is 5.06 Å². The van der Waals surface area contributed by atoms with E-state index in [0.29, 0.717) is 0 Å². The van der Waals surface area contributed by atoms with Crippen LogP contribution < -0.4 is 0 Å². The third-order valence-corrected chi connectivity index (χ3v) is 2.07. The molecule has 0 aromatic heterocycles. The number of aliphatic hydroxyl groups excluding tert-OH is 3. The summed E-state index contributed by atoms with van der Waals surface area (Å²) in [6.45, 7) is 0.